The van der Waals surface area contributed by atoms with Gasteiger partial charge in [0.1, 0.15) is 5.75 Å². The zero-order chi connectivity index (χ0) is 12.1. The van der Waals surface area contributed by atoms with Crippen LogP contribution in [-0.2, 0) is 4.79 Å². The highest BCUT2D eigenvalue weighted by molar-refractivity contribution is 5.77. The molecule has 4 heteroatoms. The number of para-hydroxylation sites is 1. The van der Waals surface area contributed by atoms with Gasteiger partial charge in [-0.2, -0.15) is 0 Å². The van der Waals surface area contributed by atoms with E-state index < -0.39 is 0 Å². The maximum absolute atomic E-state index is 11.7. The lowest BCUT2D eigenvalue weighted by molar-refractivity contribution is -0.137. The van der Waals surface area contributed by atoms with Crippen LogP contribution in [0, 0.1) is 5.92 Å². The van der Waals surface area contributed by atoms with E-state index in [0.717, 1.165) is 18.8 Å². The van der Waals surface area contributed by atoms with E-state index in [0.29, 0.717) is 25.5 Å². The molecule has 0 bridgehead atoms. The van der Waals surface area contributed by atoms with E-state index in [9.17, 15) is 4.79 Å². The number of amides is 1. The predicted molar refractivity (Wildman–Crippen MR) is 65.7 cm³/mol. The first-order valence-electron chi connectivity index (χ1n) is 5.95. The predicted octanol–water partition coefficient (Wildman–Crippen LogP) is 0.873. The number of likely N-dealkylation sites (tertiary alicyclic amines) is 1. The fourth-order valence-electron chi connectivity index (χ4n) is 1.85. The third-order valence-electron chi connectivity index (χ3n) is 2.97. The van der Waals surface area contributed by atoms with Crippen LogP contribution in [0.3, 0.4) is 0 Å². The molecule has 0 saturated carbocycles. The number of carbonyl (C=O) groups excluding carboxylic acids is 1. The topological polar surface area (TPSA) is 55.6 Å². The molecule has 1 aromatic carbocycles. The molecule has 4 nitrogen and oxygen atoms in total. The number of ether oxygens (including phenoxy) is 1. The molecule has 1 fully saturated rings. The summed E-state index contributed by atoms with van der Waals surface area (Å²) in [5.74, 6) is 1.46. The van der Waals surface area contributed by atoms with E-state index >= 15 is 0 Å². The molecule has 1 saturated heterocycles. The van der Waals surface area contributed by atoms with Gasteiger partial charge in [0.15, 0.2) is 0 Å². The van der Waals surface area contributed by atoms with Crippen molar-refractivity contribution in [2.24, 2.45) is 11.7 Å². The molecule has 1 amide bonds. The van der Waals surface area contributed by atoms with Crippen molar-refractivity contribution in [2.75, 3.05) is 26.2 Å². The summed E-state index contributed by atoms with van der Waals surface area (Å²) in [7, 11) is 0. The standard InChI is InChI=1S/C13H18N2O2/c14-8-11-9-15(10-11)13(16)6-7-17-12-4-2-1-3-5-12/h1-5,11H,6-10,14H2. The lowest BCUT2D eigenvalue weighted by Crippen LogP contribution is -2.52. The number of benzene rings is 1. The Bertz CT molecular complexity index is 361. The first kappa shape index (κ1) is 11.9. The second-order valence-corrected chi connectivity index (χ2v) is 4.31. The number of hydrogen-bond donors (Lipinski definition) is 1. The molecule has 17 heavy (non-hydrogen) atoms. The van der Waals surface area contributed by atoms with Gasteiger partial charge in [-0.3, -0.25) is 4.79 Å². The second-order valence-electron chi connectivity index (χ2n) is 4.31. The van der Waals surface area contributed by atoms with Gasteiger partial charge in [0.05, 0.1) is 13.0 Å². The summed E-state index contributed by atoms with van der Waals surface area (Å²) in [6.45, 7) is 2.72. The highest BCUT2D eigenvalue weighted by atomic mass is 16.5. The van der Waals surface area contributed by atoms with Crippen molar-refractivity contribution in [3.05, 3.63) is 30.3 Å². The average molecular weight is 234 g/mol. The average Bonchev–Trinajstić information content (AvgIpc) is 2.29. The minimum Gasteiger partial charge on any atom is -0.493 e. The molecule has 2 rings (SSSR count). The molecule has 2 N–H and O–H groups in total. The van der Waals surface area contributed by atoms with Gasteiger partial charge in [0.2, 0.25) is 5.91 Å². The minimum atomic E-state index is 0.158. The summed E-state index contributed by atoms with van der Waals surface area (Å²) in [4.78, 5) is 13.5. The van der Waals surface area contributed by atoms with Gasteiger partial charge in [0.25, 0.3) is 0 Å². The summed E-state index contributed by atoms with van der Waals surface area (Å²) >= 11 is 0. The Balaban J connectivity index is 1.64. The zero-order valence-corrected chi connectivity index (χ0v) is 9.84. The van der Waals surface area contributed by atoms with Crippen LogP contribution >= 0.6 is 0 Å². The third-order valence-corrected chi connectivity index (χ3v) is 2.97. The van der Waals surface area contributed by atoms with E-state index in [-0.39, 0.29) is 5.91 Å². The van der Waals surface area contributed by atoms with Crippen molar-refractivity contribution in [2.45, 2.75) is 6.42 Å². The fourth-order valence-corrected chi connectivity index (χ4v) is 1.85. The van der Waals surface area contributed by atoms with Crippen LogP contribution in [0.1, 0.15) is 6.42 Å². The molecule has 0 aromatic heterocycles. The summed E-state index contributed by atoms with van der Waals surface area (Å²) in [5.41, 5.74) is 5.51. The molecule has 0 aliphatic carbocycles. The van der Waals surface area contributed by atoms with Gasteiger partial charge >= 0.3 is 0 Å². The minimum absolute atomic E-state index is 0.158. The third kappa shape index (κ3) is 3.20. The molecule has 1 aliphatic rings. The van der Waals surface area contributed by atoms with Crippen LogP contribution in [0.25, 0.3) is 0 Å². The smallest absolute Gasteiger partial charge is 0.226 e. The van der Waals surface area contributed by atoms with Crippen molar-refractivity contribution in [3.8, 4) is 5.75 Å². The SMILES string of the molecule is NCC1CN(C(=O)CCOc2ccccc2)C1. The normalized spacial score (nSPS) is 15.5. The lowest BCUT2D eigenvalue weighted by Gasteiger charge is -2.38. The Hall–Kier alpha value is -1.55. The molecule has 0 radical (unpaired) electrons. The van der Waals surface area contributed by atoms with Crippen molar-refractivity contribution in [1.29, 1.82) is 0 Å². The van der Waals surface area contributed by atoms with Gasteiger partial charge in [0, 0.05) is 19.0 Å². The molecule has 0 atom stereocenters. The lowest BCUT2D eigenvalue weighted by atomic mass is 10.0. The molecule has 1 aliphatic heterocycles. The Labute approximate surface area is 101 Å². The molecular formula is C13H18N2O2. The van der Waals surface area contributed by atoms with Gasteiger partial charge in [-0.25, -0.2) is 0 Å². The monoisotopic (exact) mass is 234 g/mol. The first-order valence-corrected chi connectivity index (χ1v) is 5.95. The van der Waals surface area contributed by atoms with E-state index in [1.54, 1.807) is 0 Å². The zero-order valence-electron chi connectivity index (χ0n) is 9.84. The summed E-state index contributed by atoms with van der Waals surface area (Å²) in [6.07, 6.45) is 0.437. The van der Waals surface area contributed by atoms with Crippen LogP contribution < -0.4 is 10.5 Å². The number of carbonyl (C=O) groups is 1. The van der Waals surface area contributed by atoms with Gasteiger partial charge in [-0.05, 0) is 18.7 Å². The van der Waals surface area contributed by atoms with E-state index in [4.69, 9.17) is 10.5 Å². The van der Waals surface area contributed by atoms with Gasteiger partial charge in [-0.15, -0.1) is 0 Å². The Kier molecular flexibility index (Phi) is 3.98. The highest BCUT2D eigenvalue weighted by Crippen LogP contribution is 2.15. The van der Waals surface area contributed by atoms with Crippen LogP contribution in [-0.4, -0.2) is 37.0 Å². The number of hydrogen-bond acceptors (Lipinski definition) is 3. The first-order chi connectivity index (χ1) is 8.29. The second kappa shape index (κ2) is 5.68. The van der Waals surface area contributed by atoms with Gasteiger partial charge in [-0.1, -0.05) is 18.2 Å². The molecule has 0 unspecified atom stereocenters. The van der Waals surface area contributed by atoms with Crippen molar-refractivity contribution >= 4 is 5.91 Å². The quantitative estimate of drug-likeness (QED) is 0.822. The number of rotatable bonds is 5. The Morgan fingerprint density at radius 1 is 1.35 bits per heavy atom. The maximum Gasteiger partial charge on any atom is 0.226 e. The molecule has 1 aromatic rings. The number of nitrogens with two attached hydrogens (primary N) is 1. The summed E-state index contributed by atoms with van der Waals surface area (Å²) < 4.78 is 5.48. The van der Waals surface area contributed by atoms with Crippen LogP contribution in [0.15, 0.2) is 30.3 Å². The van der Waals surface area contributed by atoms with Crippen molar-refractivity contribution in [1.82, 2.24) is 4.90 Å². The summed E-state index contributed by atoms with van der Waals surface area (Å²) in [6, 6.07) is 9.54. The van der Waals surface area contributed by atoms with E-state index in [1.165, 1.54) is 0 Å². The number of nitrogens with zero attached hydrogens (tertiary/aromatic N) is 1. The van der Waals surface area contributed by atoms with Gasteiger partial charge < -0.3 is 15.4 Å². The van der Waals surface area contributed by atoms with Crippen molar-refractivity contribution in [3.63, 3.8) is 0 Å². The van der Waals surface area contributed by atoms with E-state index in [1.807, 2.05) is 35.2 Å². The van der Waals surface area contributed by atoms with Crippen LogP contribution in [0.5, 0.6) is 5.75 Å². The van der Waals surface area contributed by atoms with Crippen LogP contribution in [0.4, 0.5) is 0 Å². The Morgan fingerprint density at radius 3 is 2.71 bits per heavy atom. The highest BCUT2D eigenvalue weighted by Gasteiger charge is 2.28. The van der Waals surface area contributed by atoms with E-state index in [2.05, 4.69) is 0 Å². The van der Waals surface area contributed by atoms with Crippen LogP contribution in [0.2, 0.25) is 0 Å². The maximum atomic E-state index is 11.7. The molecule has 0 spiro atoms. The molecule has 92 valence electrons. The Morgan fingerprint density at radius 2 is 2.06 bits per heavy atom. The molecule has 1 heterocycles. The fraction of sp³-hybridized carbons (Fsp3) is 0.462. The summed E-state index contributed by atoms with van der Waals surface area (Å²) in [5, 5.41) is 0. The van der Waals surface area contributed by atoms with Crippen molar-refractivity contribution < 1.29 is 9.53 Å². The largest absolute Gasteiger partial charge is 0.493 e. The molecular weight excluding hydrogens is 216 g/mol.